The Kier molecular flexibility index (Phi) is 3.49. The van der Waals surface area contributed by atoms with Gasteiger partial charge >= 0.3 is 0 Å². The number of aromatic amines is 1. The first-order valence-electron chi connectivity index (χ1n) is 9.24. The van der Waals surface area contributed by atoms with Gasteiger partial charge in [-0.2, -0.15) is 0 Å². The molecule has 3 aromatic rings. The molecule has 0 atom stereocenters. The molecular formula is C22H23N3. The minimum absolute atomic E-state index is 0.721. The first kappa shape index (κ1) is 14.9. The van der Waals surface area contributed by atoms with E-state index >= 15 is 0 Å². The van der Waals surface area contributed by atoms with Crippen LogP contribution in [0.25, 0.3) is 23.1 Å². The smallest absolute Gasteiger partial charge is 0.0465 e. The predicted octanol–water partition coefficient (Wildman–Crippen LogP) is 4.73. The number of hydrogen-bond donors (Lipinski definition) is 1. The fourth-order valence-corrected chi connectivity index (χ4v) is 4.29. The number of rotatable bonds is 2. The van der Waals surface area contributed by atoms with Gasteiger partial charge in [-0.1, -0.05) is 30.4 Å². The molecule has 0 radical (unpaired) electrons. The van der Waals surface area contributed by atoms with Crippen molar-refractivity contribution in [2.45, 2.75) is 32.2 Å². The van der Waals surface area contributed by atoms with Crippen LogP contribution in [0.2, 0.25) is 0 Å². The Labute approximate surface area is 148 Å². The molecule has 0 unspecified atom stereocenters. The maximum absolute atomic E-state index is 4.35. The van der Waals surface area contributed by atoms with Gasteiger partial charge in [-0.25, -0.2) is 0 Å². The average molecular weight is 329 g/mol. The topological polar surface area (TPSA) is 31.9 Å². The van der Waals surface area contributed by atoms with Gasteiger partial charge in [0.2, 0.25) is 0 Å². The number of nitrogens with one attached hydrogen (secondary N) is 1. The van der Waals surface area contributed by atoms with Crippen LogP contribution in [0.5, 0.6) is 0 Å². The first-order valence-corrected chi connectivity index (χ1v) is 9.24. The van der Waals surface area contributed by atoms with Crippen molar-refractivity contribution in [1.82, 2.24) is 14.9 Å². The second-order valence-corrected chi connectivity index (χ2v) is 7.44. The van der Waals surface area contributed by atoms with E-state index in [4.69, 9.17) is 0 Å². The van der Waals surface area contributed by atoms with Crippen LogP contribution < -0.4 is 0 Å². The lowest BCUT2D eigenvalue weighted by Gasteiger charge is -2.26. The summed E-state index contributed by atoms with van der Waals surface area (Å²) >= 11 is 0. The van der Waals surface area contributed by atoms with Gasteiger partial charge in [0.25, 0.3) is 0 Å². The summed E-state index contributed by atoms with van der Waals surface area (Å²) in [5.41, 5.74) is 7.74. The number of piperidine rings is 1. The fraction of sp³-hybridized carbons (Fsp3) is 0.318. The van der Waals surface area contributed by atoms with Gasteiger partial charge in [0.1, 0.15) is 0 Å². The summed E-state index contributed by atoms with van der Waals surface area (Å²) in [5, 5.41) is 1.41. The molecule has 3 heteroatoms. The minimum Gasteiger partial charge on any atom is -0.358 e. The highest BCUT2D eigenvalue weighted by Crippen LogP contribution is 2.38. The number of nitrogens with zero attached hydrogens (tertiary/aromatic N) is 2. The van der Waals surface area contributed by atoms with Crippen molar-refractivity contribution < 1.29 is 0 Å². The lowest BCUT2D eigenvalue weighted by Crippen LogP contribution is -2.28. The van der Waals surface area contributed by atoms with Gasteiger partial charge in [-0.05, 0) is 61.7 Å². The van der Waals surface area contributed by atoms with Gasteiger partial charge in [0.05, 0.1) is 0 Å². The SMILES string of the molecule is Cc1ccc(C=Cc2ccc3c4c([nH]c3c2)C2CCN(CC2)C4)cn1. The highest BCUT2D eigenvalue weighted by molar-refractivity contribution is 5.88. The third kappa shape index (κ3) is 2.69. The van der Waals surface area contributed by atoms with E-state index in [-0.39, 0.29) is 0 Å². The molecule has 1 N–H and O–H groups in total. The zero-order valence-corrected chi connectivity index (χ0v) is 14.6. The Morgan fingerprint density at radius 2 is 1.88 bits per heavy atom. The van der Waals surface area contributed by atoms with Crippen molar-refractivity contribution in [1.29, 1.82) is 0 Å². The zero-order valence-electron chi connectivity index (χ0n) is 14.6. The van der Waals surface area contributed by atoms with Crippen molar-refractivity contribution in [2.75, 3.05) is 13.1 Å². The molecule has 2 bridgehead atoms. The van der Waals surface area contributed by atoms with Gasteiger partial charge in [-0.15, -0.1) is 0 Å². The van der Waals surface area contributed by atoms with Crippen LogP contribution in [0.15, 0.2) is 36.5 Å². The Bertz CT molecular complexity index is 941. The molecule has 0 aliphatic carbocycles. The normalized spacial score (nSPS) is 22.4. The molecule has 3 aliphatic rings. The maximum atomic E-state index is 4.35. The molecule has 25 heavy (non-hydrogen) atoms. The highest BCUT2D eigenvalue weighted by atomic mass is 15.1. The molecule has 3 aliphatic heterocycles. The van der Waals surface area contributed by atoms with Crippen molar-refractivity contribution in [3.05, 3.63) is 64.6 Å². The second-order valence-electron chi connectivity index (χ2n) is 7.44. The van der Waals surface area contributed by atoms with Gasteiger partial charge < -0.3 is 4.98 Å². The standard InChI is InChI=1S/C22H23N3/c1-15-2-3-17(13-23-15)5-4-16-6-7-19-20-14-25-10-8-18(9-11-25)22(20)24-21(19)12-16/h2-7,12-13,18,24H,8-11,14H2,1H3. The largest absolute Gasteiger partial charge is 0.358 e. The van der Waals surface area contributed by atoms with E-state index in [2.05, 4.69) is 57.4 Å². The monoisotopic (exact) mass is 329 g/mol. The summed E-state index contributed by atoms with van der Waals surface area (Å²) in [4.78, 5) is 10.7. The number of aryl methyl sites for hydroxylation is 1. The van der Waals surface area contributed by atoms with E-state index in [0.717, 1.165) is 23.7 Å². The summed E-state index contributed by atoms with van der Waals surface area (Å²) in [6.45, 7) is 5.62. The number of benzene rings is 1. The van der Waals surface area contributed by atoms with Crippen molar-refractivity contribution in [3.63, 3.8) is 0 Å². The number of H-pyrrole nitrogens is 1. The molecule has 1 saturated heterocycles. The van der Waals surface area contributed by atoms with Crippen LogP contribution in [0.4, 0.5) is 0 Å². The summed E-state index contributed by atoms with van der Waals surface area (Å²) in [6, 6.07) is 11.0. The molecule has 3 nitrogen and oxygen atoms in total. The zero-order chi connectivity index (χ0) is 16.8. The second kappa shape index (κ2) is 5.85. The summed E-state index contributed by atoms with van der Waals surface area (Å²) in [6.07, 6.45) is 8.83. The van der Waals surface area contributed by atoms with Gasteiger partial charge in [0, 0.05) is 41.0 Å². The fourth-order valence-electron chi connectivity index (χ4n) is 4.29. The number of pyridine rings is 1. The Balaban J connectivity index is 1.50. The minimum atomic E-state index is 0.721. The number of aromatic nitrogens is 2. The first-order chi connectivity index (χ1) is 12.3. The van der Waals surface area contributed by atoms with E-state index in [1.807, 2.05) is 13.1 Å². The molecule has 126 valence electrons. The van der Waals surface area contributed by atoms with Crippen LogP contribution >= 0.6 is 0 Å². The predicted molar refractivity (Wildman–Crippen MR) is 103 cm³/mol. The van der Waals surface area contributed by atoms with E-state index in [9.17, 15) is 0 Å². The Morgan fingerprint density at radius 1 is 1.08 bits per heavy atom. The molecule has 0 saturated carbocycles. The van der Waals surface area contributed by atoms with Gasteiger partial charge in [-0.3, -0.25) is 9.88 Å². The van der Waals surface area contributed by atoms with Crippen molar-refractivity contribution in [2.24, 2.45) is 0 Å². The molecule has 0 amide bonds. The van der Waals surface area contributed by atoms with E-state index < -0.39 is 0 Å². The third-order valence-electron chi connectivity index (χ3n) is 5.74. The molecule has 2 aromatic heterocycles. The summed E-state index contributed by atoms with van der Waals surface area (Å²) in [5.74, 6) is 0.721. The van der Waals surface area contributed by atoms with Crippen LogP contribution in [0.1, 0.15) is 46.8 Å². The lowest BCUT2D eigenvalue weighted by atomic mass is 9.94. The molecule has 1 aromatic carbocycles. The van der Waals surface area contributed by atoms with Crippen LogP contribution in [-0.2, 0) is 6.54 Å². The van der Waals surface area contributed by atoms with Crippen LogP contribution in [0, 0.1) is 6.92 Å². The van der Waals surface area contributed by atoms with E-state index in [0.29, 0.717) is 0 Å². The van der Waals surface area contributed by atoms with Gasteiger partial charge in [0.15, 0.2) is 0 Å². The number of fused-ring (bicyclic) bond motifs is 3. The lowest BCUT2D eigenvalue weighted by molar-refractivity contribution is 0.220. The van der Waals surface area contributed by atoms with Crippen LogP contribution in [0.3, 0.4) is 0 Å². The van der Waals surface area contributed by atoms with Crippen molar-refractivity contribution >= 4 is 23.1 Å². The molecule has 5 heterocycles. The molecular weight excluding hydrogens is 306 g/mol. The number of hydrogen-bond acceptors (Lipinski definition) is 2. The Hall–Kier alpha value is -2.39. The van der Waals surface area contributed by atoms with Crippen molar-refractivity contribution in [3.8, 4) is 0 Å². The average Bonchev–Trinajstić information content (AvgIpc) is 2.79. The van der Waals surface area contributed by atoms with E-state index in [1.54, 1.807) is 0 Å². The van der Waals surface area contributed by atoms with Crippen LogP contribution in [-0.4, -0.2) is 28.0 Å². The molecule has 1 fully saturated rings. The quantitative estimate of drug-likeness (QED) is 0.737. The molecule has 0 spiro atoms. The molecule has 6 rings (SSSR count). The maximum Gasteiger partial charge on any atom is 0.0465 e. The summed E-state index contributed by atoms with van der Waals surface area (Å²) < 4.78 is 0. The third-order valence-corrected chi connectivity index (χ3v) is 5.74. The summed E-state index contributed by atoms with van der Waals surface area (Å²) in [7, 11) is 0. The highest BCUT2D eigenvalue weighted by Gasteiger charge is 2.30. The Morgan fingerprint density at radius 3 is 2.68 bits per heavy atom. The van der Waals surface area contributed by atoms with E-state index in [1.165, 1.54) is 53.7 Å².